The number of hydrogen-bond donors (Lipinski definition) is 2. The van der Waals surface area contributed by atoms with Crippen molar-refractivity contribution < 1.29 is 14.0 Å². The van der Waals surface area contributed by atoms with Crippen molar-refractivity contribution in [1.29, 1.82) is 0 Å². The van der Waals surface area contributed by atoms with E-state index in [4.69, 9.17) is 0 Å². The predicted molar refractivity (Wildman–Crippen MR) is 69.0 cm³/mol. The van der Waals surface area contributed by atoms with Gasteiger partial charge in [-0.2, -0.15) is 0 Å². The third-order valence-corrected chi connectivity index (χ3v) is 3.37. The summed E-state index contributed by atoms with van der Waals surface area (Å²) in [6, 6.07) is 6.07. The minimum Gasteiger partial charge on any atom is -0.355 e. The van der Waals surface area contributed by atoms with E-state index in [0.717, 1.165) is 18.4 Å². The van der Waals surface area contributed by atoms with Gasteiger partial charge in [0.25, 0.3) is 0 Å². The van der Waals surface area contributed by atoms with E-state index in [2.05, 4.69) is 10.6 Å². The highest BCUT2D eigenvalue weighted by Gasteiger charge is 2.50. The molecule has 2 N–H and O–H groups in total. The molecule has 1 aromatic carbocycles. The van der Waals surface area contributed by atoms with Crippen molar-refractivity contribution in [3.63, 3.8) is 0 Å². The molecule has 4 nitrogen and oxygen atoms in total. The summed E-state index contributed by atoms with van der Waals surface area (Å²) in [5.41, 5.74) is 0.357. The van der Waals surface area contributed by atoms with Gasteiger partial charge in [0, 0.05) is 20.0 Å². The maximum atomic E-state index is 12.9. The number of rotatable bonds is 5. The molecule has 0 saturated heterocycles. The van der Waals surface area contributed by atoms with E-state index in [1.807, 2.05) is 0 Å². The minimum atomic E-state index is -0.496. The summed E-state index contributed by atoms with van der Waals surface area (Å²) in [4.78, 5) is 22.8. The van der Waals surface area contributed by atoms with Crippen molar-refractivity contribution in [1.82, 2.24) is 10.6 Å². The Balaban J connectivity index is 1.91. The highest BCUT2D eigenvalue weighted by molar-refractivity contribution is 5.91. The first-order chi connectivity index (χ1) is 9.04. The zero-order valence-corrected chi connectivity index (χ0v) is 10.8. The Kier molecular flexibility index (Phi) is 3.83. The second kappa shape index (κ2) is 5.38. The van der Waals surface area contributed by atoms with Gasteiger partial charge >= 0.3 is 0 Å². The van der Waals surface area contributed by atoms with Crippen LogP contribution in [0.3, 0.4) is 0 Å². The van der Waals surface area contributed by atoms with E-state index < -0.39 is 5.41 Å². The van der Waals surface area contributed by atoms with Crippen molar-refractivity contribution in [2.45, 2.75) is 25.2 Å². The van der Waals surface area contributed by atoms with Crippen LogP contribution in [0.15, 0.2) is 24.3 Å². The van der Waals surface area contributed by atoms with Crippen LogP contribution in [0.4, 0.5) is 4.39 Å². The lowest BCUT2D eigenvalue weighted by Crippen LogP contribution is -2.39. The molecule has 1 fully saturated rings. The van der Waals surface area contributed by atoms with Crippen LogP contribution in [0.5, 0.6) is 0 Å². The largest absolute Gasteiger partial charge is 0.355 e. The number of nitrogens with one attached hydrogen (secondary N) is 2. The van der Waals surface area contributed by atoms with E-state index in [1.54, 1.807) is 12.1 Å². The monoisotopic (exact) mass is 264 g/mol. The van der Waals surface area contributed by atoms with Crippen molar-refractivity contribution >= 4 is 11.8 Å². The molecule has 1 aliphatic rings. The van der Waals surface area contributed by atoms with Crippen LogP contribution in [0.25, 0.3) is 0 Å². The first-order valence-electron chi connectivity index (χ1n) is 6.33. The van der Waals surface area contributed by atoms with Gasteiger partial charge < -0.3 is 10.6 Å². The molecule has 1 saturated carbocycles. The molecule has 0 radical (unpaired) electrons. The zero-order valence-electron chi connectivity index (χ0n) is 10.8. The Morgan fingerprint density at radius 3 is 2.26 bits per heavy atom. The third kappa shape index (κ3) is 3.10. The highest BCUT2D eigenvalue weighted by atomic mass is 19.1. The molecule has 5 heteroatoms. The molecule has 0 unspecified atom stereocenters. The van der Waals surface area contributed by atoms with Crippen LogP contribution in [-0.2, 0) is 15.0 Å². The number of carbonyl (C=O) groups excluding carboxylic acids is 2. The Hall–Kier alpha value is -1.91. The average molecular weight is 264 g/mol. The first-order valence-corrected chi connectivity index (χ1v) is 6.33. The fraction of sp³-hybridized carbons (Fsp3) is 0.429. The Morgan fingerprint density at radius 1 is 1.16 bits per heavy atom. The number of hydrogen-bond acceptors (Lipinski definition) is 2. The second-order valence-corrected chi connectivity index (χ2v) is 4.83. The predicted octanol–water partition coefficient (Wildman–Crippen LogP) is 1.11. The van der Waals surface area contributed by atoms with E-state index in [1.165, 1.54) is 19.1 Å². The molecule has 0 spiro atoms. The third-order valence-electron chi connectivity index (χ3n) is 3.37. The maximum Gasteiger partial charge on any atom is 0.230 e. The summed E-state index contributed by atoms with van der Waals surface area (Å²) in [6.45, 7) is 2.25. The second-order valence-electron chi connectivity index (χ2n) is 4.83. The van der Waals surface area contributed by atoms with Gasteiger partial charge in [-0.3, -0.25) is 9.59 Å². The molecule has 0 heterocycles. The molecule has 1 aromatic rings. The molecule has 0 aliphatic heterocycles. The molecule has 0 bridgehead atoms. The van der Waals surface area contributed by atoms with Gasteiger partial charge in [-0.05, 0) is 30.5 Å². The van der Waals surface area contributed by atoms with Crippen LogP contribution >= 0.6 is 0 Å². The first kappa shape index (κ1) is 13.5. The number of halogens is 1. The van der Waals surface area contributed by atoms with Crippen LogP contribution < -0.4 is 10.6 Å². The topological polar surface area (TPSA) is 58.2 Å². The van der Waals surface area contributed by atoms with Gasteiger partial charge in [-0.15, -0.1) is 0 Å². The molecule has 102 valence electrons. The maximum absolute atomic E-state index is 12.9. The SMILES string of the molecule is CC(=O)NCCNC(=O)C1(c2ccc(F)cc2)CC1. The molecule has 0 atom stereocenters. The van der Waals surface area contributed by atoms with Crippen LogP contribution in [0.2, 0.25) is 0 Å². The summed E-state index contributed by atoms with van der Waals surface area (Å²) in [6.07, 6.45) is 1.56. The summed E-state index contributed by atoms with van der Waals surface area (Å²) in [7, 11) is 0. The quantitative estimate of drug-likeness (QED) is 0.783. The van der Waals surface area contributed by atoms with Crippen LogP contribution in [0.1, 0.15) is 25.3 Å². The van der Waals surface area contributed by atoms with E-state index in [0.29, 0.717) is 13.1 Å². The summed E-state index contributed by atoms with van der Waals surface area (Å²) in [5.74, 6) is -0.469. The van der Waals surface area contributed by atoms with Gasteiger partial charge in [0.05, 0.1) is 5.41 Å². The standard InChI is InChI=1S/C14H17FN2O2/c1-10(18)16-8-9-17-13(19)14(6-7-14)11-2-4-12(15)5-3-11/h2-5H,6-9H2,1H3,(H,16,18)(H,17,19). The minimum absolute atomic E-state index is 0.0514. The van der Waals surface area contributed by atoms with Crippen LogP contribution in [0, 0.1) is 5.82 Å². The Labute approximate surface area is 111 Å². The van der Waals surface area contributed by atoms with Crippen molar-refractivity contribution in [3.05, 3.63) is 35.6 Å². The summed E-state index contributed by atoms with van der Waals surface area (Å²) in [5, 5.41) is 5.42. The van der Waals surface area contributed by atoms with E-state index in [-0.39, 0.29) is 17.6 Å². The Bertz CT molecular complexity index is 481. The van der Waals surface area contributed by atoms with Crippen molar-refractivity contribution in [3.8, 4) is 0 Å². The van der Waals surface area contributed by atoms with Gasteiger partial charge in [0.15, 0.2) is 0 Å². The van der Waals surface area contributed by atoms with Crippen LogP contribution in [-0.4, -0.2) is 24.9 Å². The fourth-order valence-electron chi connectivity index (χ4n) is 2.12. The smallest absolute Gasteiger partial charge is 0.230 e. The van der Waals surface area contributed by atoms with Gasteiger partial charge in [0.1, 0.15) is 5.82 Å². The van der Waals surface area contributed by atoms with E-state index >= 15 is 0 Å². The number of carbonyl (C=O) groups is 2. The molecule has 19 heavy (non-hydrogen) atoms. The molecule has 2 rings (SSSR count). The molecular formula is C14H17FN2O2. The lowest BCUT2D eigenvalue weighted by atomic mass is 9.95. The average Bonchev–Trinajstić information content (AvgIpc) is 3.16. The Morgan fingerprint density at radius 2 is 1.74 bits per heavy atom. The van der Waals surface area contributed by atoms with Gasteiger partial charge in [0.2, 0.25) is 11.8 Å². The molecular weight excluding hydrogens is 247 g/mol. The fourth-order valence-corrected chi connectivity index (χ4v) is 2.12. The van der Waals surface area contributed by atoms with Crippen molar-refractivity contribution in [2.24, 2.45) is 0 Å². The van der Waals surface area contributed by atoms with Gasteiger partial charge in [-0.1, -0.05) is 12.1 Å². The number of amides is 2. The molecule has 1 aliphatic carbocycles. The summed E-state index contributed by atoms with van der Waals surface area (Å²) < 4.78 is 12.9. The normalized spacial score (nSPS) is 15.7. The van der Waals surface area contributed by atoms with Crippen molar-refractivity contribution in [2.75, 3.05) is 13.1 Å². The molecule has 2 amide bonds. The van der Waals surface area contributed by atoms with Gasteiger partial charge in [-0.25, -0.2) is 4.39 Å². The zero-order chi connectivity index (χ0) is 13.9. The number of benzene rings is 1. The summed E-state index contributed by atoms with van der Waals surface area (Å²) >= 11 is 0. The molecule has 0 aromatic heterocycles. The highest BCUT2D eigenvalue weighted by Crippen LogP contribution is 2.48. The lowest BCUT2D eigenvalue weighted by molar-refractivity contribution is -0.124. The lowest BCUT2D eigenvalue weighted by Gasteiger charge is -2.15. The van der Waals surface area contributed by atoms with E-state index in [9.17, 15) is 14.0 Å².